The van der Waals surface area contributed by atoms with E-state index >= 15 is 0 Å². The van der Waals surface area contributed by atoms with E-state index in [-0.39, 0.29) is 49.2 Å². The van der Waals surface area contributed by atoms with Crippen molar-refractivity contribution >= 4 is 88.3 Å². The fourth-order valence-corrected chi connectivity index (χ4v) is 6.30. The van der Waals surface area contributed by atoms with Crippen LogP contribution in [0.5, 0.6) is 0 Å². The molecule has 43 heavy (non-hydrogen) atoms. The van der Waals surface area contributed by atoms with E-state index in [0.29, 0.717) is 28.5 Å². The third-order valence-electron chi connectivity index (χ3n) is 8.44. The second-order valence-electron chi connectivity index (χ2n) is 11.7. The molecule has 2 fully saturated rings. The van der Waals surface area contributed by atoms with E-state index in [1.165, 1.54) is 0 Å². The summed E-state index contributed by atoms with van der Waals surface area (Å²) in [5, 5.41) is 27.6. The smallest absolute Gasteiger partial charge is 0.145 e. The summed E-state index contributed by atoms with van der Waals surface area (Å²) in [6, 6.07) is 6.21. The number of unbranched alkanes of at least 4 members (excludes halogenated alkanes) is 1. The Kier molecular flexibility index (Phi) is 12.7. The van der Waals surface area contributed by atoms with Gasteiger partial charge in [0.2, 0.25) is 0 Å². The highest BCUT2D eigenvalue weighted by molar-refractivity contribution is 6.42. The third kappa shape index (κ3) is 7.82. The normalized spacial score (nSPS) is 21.7. The second kappa shape index (κ2) is 15.1. The van der Waals surface area contributed by atoms with Gasteiger partial charge in [-0.2, -0.15) is 0 Å². The van der Waals surface area contributed by atoms with Crippen LogP contribution in [-0.2, 0) is 6.42 Å². The lowest BCUT2D eigenvalue weighted by Crippen LogP contribution is -2.40. The van der Waals surface area contributed by atoms with Gasteiger partial charge in [-0.15, -0.1) is 37.2 Å². The number of aliphatic hydroxyl groups is 2. The number of nitrogens with zero attached hydrogens (tertiary/aromatic N) is 5. The average Bonchev–Trinajstić information content (AvgIpc) is 3.39. The van der Waals surface area contributed by atoms with Crippen molar-refractivity contribution in [2.75, 3.05) is 18.4 Å². The molecule has 0 aliphatic heterocycles. The van der Waals surface area contributed by atoms with Crippen molar-refractivity contribution < 1.29 is 10.2 Å². The van der Waals surface area contributed by atoms with E-state index < -0.39 is 12.2 Å². The summed E-state index contributed by atoms with van der Waals surface area (Å²) in [7, 11) is 0. The summed E-state index contributed by atoms with van der Waals surface area (Å²) in [6.07, 6.45) is 7.75. The Morgan fingerprint density at radius 1 is 1.07 bits per heavy atom. The van der Waals surface area contributed by atoms with Crippen LogP contribution in [0, 0.1) is 5.92 Å². The van der Waals surface area contributed by atoms with Crippen LogP contribution < -0.4 is 5.32 Å². The predicted octanol–water partition coefficient (Wildman–Crippen LogP) is 6.47. The molecule has 0 saturated heterocycles. The number of hydrogen-bond donors (Lipinski definition) is 4. The molecule has 4 atom stereocenters. The number of H-pyrrole nitrogens is 1. The Morgan fingerprint density at radius 2 is 1.81 bits per heavy atom. The highest BCUT2D eigenvalue weighted by Crippen LogP contribution is 2.39. The van der Waals surface area contributed by atoms with Crippen LogP contribution in [0.1, 0.15) is 57.8 Å². The van der Waals surface area contributed by atoms with Gasteiger partial charge in [0.15, 0.2) is 0 Å². The van der Waals surface area contributed by atoms with Crippen LogP contribution in [0.4, 0.5) is 5.82 Å². The molecule has 238 valence electrons. The molecule has 0 spiro atoms. The standard InChI is InChI=1S/C29H37Cl2N7O2.3ClH/c1-16(2)37(9-4-3-5-25-35-22-12-20(30)21(31)13-23(22)36-25)14-17-11-24(27(40)26(17)39)38-10-8-19-28(34-18-6-7-18)32-15-33-29(19)38;;;/h8,10,12-13,15-18,24,26-27,39-40H,3-7,9,11,14H2,1-2H3,(H,35,36)(H,32,33,34);3*1H/t17-,24-,26-,27+;;;/m1.../s1. The number of benzene rings is 1. The molecule has 0 radical (unpaired) electrons. The van der Waals surface area contributed by atoms with E-state index in [4.69, 9.17) is 23.2 Å². The Morgan fingerprint density at radius 3 is 2.53 bits per heavy atom. The van der Waals surface area contributed by atoms with Gasteiger partial charge in [-0.3, -0.25) is 0 Å². The lowest BCUT2D eigenvalue weighted by molar-refractivity contribution is -0.00171. The molecule has 2 saturated carbocycles. The van der Waals surface area contributed by atoms with Gasteiger partial charge in [0.1, 0.15) is 29.7 Å². The predicted molar refractivity (Wildman–Crippen MR) is 181 cm³/mol. The lowest BCUT2D eigenvalue weighted by Gasteiger charge is -2.30. The van der Waals surface area contributed by atoms with Crippen molar-refractivity contribution in [1.82, 2.24) is 29.4 Å². The number of aryl methyl sites for hydroxylation is 1. The van der Waals surface area contributed by atoms with Gasteiger partial charge in [-0.1, -0.05) is 23.2 Å². The molecule has 4 aromatic rings. The molecule has 14 heteroatoms. The molecule has 4 N–H and O–H groups in total. The topological polar surface area (TPSA) is 115 Å². The summed E-state index contributed by atoms with van der Waals surface area (Å²) in [5.41, 5.74) is 2.52. The SMILES string of the molecule is CC(C)N(CCCCc1nc2cc(Cl)c(Cl)cc2[nH]1)C[C@H]1C[C@@H](n2ccc3c(NC4CC4)ncnc32)[C@H](O)[C@@H]1O.Cl.Cl.Cl. The highest BCUT2D eigenvalue weighted by atomic mass is 35.5. The van der Waals surface area contributed by atoms with Gasteiger partial charge in [0, 0.05) is 37.2 Å². The maximum atomic E-state index is 11.1. The van der Waals surface area contributed by atoms with Crippen LogP contribution >= 0.6 is 60.4 Å². The number of nitrogens with one attached hydrogen (secondary N) is 2. The van der Waals surface area contributed by atoms with Gasteiger partial charge in [-0.25, -0.2) is 15.0 Å². The summed E-state index contributed by atoms with van der Waals surface area (Å²) in [4.78, 5) is 19.4. The molecule has 9 nitrogen and oxygen atoms in total. The maximum absolute atomic E-state index is 11.1. The maximum Gasteiger partial charge on any atom is 0.145 e. The first kappa shape index (κ1) is 35.9. The van der Waals surface area contributed by atoms with Crippen LogP contribution in [0.2, 0.25) is 10.0 Å². The second-order valence-corrected chi connectivity index (χ2v) is 12.5. The van der Waals surface area contributed by atoms with E-state index in [2.05, 4.69) is 44.0 Å². The number of aromatic amines is 1. The van der Waals surface area contributed by atoms with Gasteiger partial charge in [-0.05, 0) is 70.7 Å². The van der Waals surface area contributed by atoms with Crippen molar-refractivity contribution in [3.05, 3.63) is 46.6 Å². The largest absolute Gasteiger partial charge is 0.390 e. The average molecular weight is 696 g/mol. The summed E-state index contributed by atoms with van der Waals surface area (Å²) in [6.45, 7) is 6.02. The van der Waals surface area contributed by atoms with Crippen molar-refractivity contribution in [2.45, 2.75) is 82.7 Å². The first-order chi connectivity index (χ1) is 19.3. The van der Waals surface area contributed by atoms with Crippen LogP contribution in [0.25, 0.3) is 22.1 Å². The minimum atomic E-state index is -0.848. The molecular formula is C29H40Cl5N7O2. The molecule has 3 heterocycles. The van der Waals surface area contributed by atoms with Gasteiger partial charge < -0.3 is 30.0 Å². The quantitative estimate of drug-likeness (QED) is 0.133. The Bertz CT molecular complexity index is 1460. The Hall–Kier alpha value is -1.56. The van der Waals surface area contributed by atoms with Crippen molar-refractivity contribution in [3.8, 4) is 0 Å². The molecule has 2 aliphatic rings. The minimum absolute atomic E-state index is 0. The number of aliphatic hydroxyl groups excluding tert-OH is 2. The summed E-state index contributed by atoms with van der Waals surface area (Å²) < 4.78 is 2.02. The number of rotatable bonds is 11. The van der Waals surface area contributed by atoms with Crippen molar-refractivity contribution in [2.24, 2.45) is 5.92 Å². The van der Waals surface area contributed by atoms with Crippen molar-refractivity contribution in [1.29, 1.82) is 0 Å². The van der Waals surface area contributed by atoms with Crippen LogP contribution in [-0.4, -0.2) is 77.0 Å². The molecule has 6 rings (SSSR count). The van der Waals surface area contributed by atoms with Gasteiger partial charge in [0.05, 0.1) is 38.6 Å². The molecule has 3 aromatic heterocycles. The van der Waals surface area contributed by atoms with Crippen molar-refractivity contribution in [3.63, 3.8) is 0 Å². The number of hydrogen-bond acceptors (Lipinski definition) is 7. The molecule has 2 aliphatic carbocycles. The molecule has 0 bridgehead atoms. The summed E-state index contributed by atoms with van der Waals surface area (Å²) in [5.74, 6) is 1.74. The number of anilines is 1. The molecular weight excluding hydrogens is 656 g/mol. The molecule has 0 unspecified atom stereocenters. The van der Waals surface area contributed by atoms with Gasteiger partial charge >= 0.3 is 0 Å². The third-order valence-corrected chi connectivity index (χ3v) is 9.16. The van der Waals surface area contributed by atoms with Crippen LogP contribution in [0.15, 0.2) is 30.7 Å². The first-order valence-corrected chi connectivity index (χ1v) is 15.1. The van der Waals surface area contributed by atoms with Crippen LogP contribution in [0.3, 0.4) is 0 Å². The first-order valence-electron chi connectivity index (χ1n) is 14.3. The van der Waals surface area contributed by atoms with E-state index in [1.807, 2.05) is 22.9 Å². The fraction of sp³-hybridized carbons (Fsp3) is 0.552. The zero-order valence-electron chi connectivity index (χ0n) is 24.1. The number of halogens is 5. The summed E-state index contributed by atoms with van der Waals surface area (Å²) >= 11 is 12.3. The highest BCUT2D eigenvalue weighted by Gasteiger charge is 2.43. The lowest BCUT2D eigenvalue weighted by atomic mass is 10.0. The number of imidazole rings is 1. The Labute approximate surface area is 280 Å². The van der Waals surface area contributed by atoms with E-state index in [1.54, 1.807) is 12.4 Å². The minimum Gasteiger partial charge on any atom is -0.390 e. The number of aromatic nitrogens is 5. The molecule has 1 aromatic carbocycles. The zero-order chi connectivity index (χ0) is 28.0. The zero-order valence-corrected chi connectivity index (χ0v) is 28.1. The Balaban J connectivity index is 0.00000169. The monoisotopic (exact) mass is 693 g/mol. The number of fused-ring (bicyclic) bond motifs is 2. The van der Waals surface area contributed by atoms with E-state index in [0.717, 1.165) is 78.9 Å². The van der Waals surface area contributed by atoms with Gasteiger partial charge in [0.25, 0.3) is 0 Å². The fourth-order valence-electron chi connectivity index (χ4n) is 5.98. The van der Waals surface area contributed by atoms with E-state index in [9.17, 15) is 10.2 Å². The molecule has 0 amide bonds.